The molecule has 0 radical (unpaired) electrons. The van der Waals surface area contributed by atoms with Gasteiger partial charge in [0.2, 0.25) is 5.75 Å². The summed E-state index contributed by atoms with van der Waals surface area (Å²) in [7, 11) is 0. The van der Waals surface area contributed by atoms with Crippen LogP contribution in [0.15, 0.2) is 6.07 Å². The van der Waals surface area contributed by atoms with E-state index in [0.29, 0.717) is 18.4 Å². The number of nitrogens with zero attached hydrogens (tertiary/aromatic N) is 1. The van der Waals surface area contributed by atoms with Crippen molar-refractivity contribution in [2.45, 2.75) is 19.3 Å². The van der Waals surface area contributed by atoms with Gasteiger partial charge in [0.05, 0.1) is 4.92 Å². The van der Waals surface area contributed by atoms with Gasteiger partial charge in [0.1, 0.15) is 11.1 Å². The molecular formula is C11H9NO6. The molecule has 1 aliphatic carbocycles. The fraction of sp³-hybridized carbons (Fsp3) is 0.273. The van der Waals surface area contributed by atoms with Crippen LogP contribution in [-0.4, -0.2) is 26.9 Å². The zero-order valence-corrected chi connectivity index (χ0v) is 9.17. The molecule has 94 valence electrons. The topological polar surface area (TPSA) is 118 Å². The van der Waals surface area contributed by atoms with Gasteiger partial charge in [-0.05, 0) is 24.5 Å². The number of carbonyl (C=O) groups excluding carboxylic acids is 1. The van der Waals surface area contributed by atoms with Crippen LogP contribution in [-0.2, 0) is 6.42 Å². The molecule has 1 aromatic carbocycles. The minimum Gasteiger partial charge on any atom is -0.501 e. The Hall–Kier alpha value is -2.44. The number of nitro benzene ring substituents is 1. The maximum absolute atomic E-state index is 11.7. The van der Waals surface area contributed by atoms with Crippen LogP contribution in [0.5, 0.6) is 5.75 Å². The van der Waals surface area contributed by atoms with Gasteiger partial charge in [0.15, 0.2) is 5.78 Å². The van der Waals surface area contributed by atoms with E-state index in [9.17, 15) is 24.8 Å². The zero-order chi connectivity index (χ0) is 13.4. The minimum absolute atomic E-state index is 0.159. The summed E-state index contributed by atoms with van der Waals surface area (Å²) in [6.07, 6.45) is 1.08. The quantitative estimate of drug-likeness (QED) is 0.607. The molecule has 0 aliphatic heterocycles. The number of phenols is 1. The molecule has 0 aromatic heterocycles. The third-order valence-electron chi connectivity index (χ3n) is 2.90. The van der Waals surface area contributed by atoms with Crippen molar-refractivity contribution in [2.75, 3.05) is 0 Å². The first-order valence-corrected chi connectivity index (χ1v) is 5.23. The summed E-state index contributed by atoms with van der Waals surface area (Å²) in [5.41, 5.74) is -1.19. The van der Waals surface area contributed by atoms with Crippen molar-refractivity contribution in [1.82, 2.24) is 0 Å². The molecule has 0 bridgehead atoms. The fourth-order valence-electron chi connectivity index (χ4n) is 2.13. The Kier molecular flexibility index (Phi) is 2.74. The lowest BCUT2D eigenvalue weighted by molar-refractivity contribution is -0.386. The molecule has 0 amide bonds. The molecule has 0 saturated carbocycles. The molecule has 0 heterocycles. The van der Waals surface area contributed by atoms with E-state index in [4.69, 9.17) is 5.11 Å². The molecule has 7 heteroatoms. The molecule has 18 heavy (non-hydrogen) atoms. The minimum atomic E-state index is -1.46. The van der Waals surface area contributed by atoms with Crippen LogP contribution in [0.2, 0.25) is 0 Å². The molecule has 0 fully saturated rings. The van der Waals surface area contributed by atoms with Gasteiger partial charge in [0, 0.05) is 6.42 Å². The number of aromatic carboxylic acids is 1. The Morgan fingerprint density at radius 2 is 2.06 bits per heavy atom. The predicted molar refractivity (Wildman–Crippen MR) is 59.0 cm³/mol. The van der Waals surface area contributed by atoms with E-state index in [0.717, 1.165) is 6.07 Å². The number of carboxylic acids is 1. The first-order valence-electron chi connectivity index (χ1n) is 5.23. The van der Waals surface area contributed by atoms with Gasteiger partial charge in [-0.15, -0.1) is 0 Å². The monoisotopic (exact) mass is 251 g/mol. The molecule has 0 atom stereocenters. The highest BCUT2D eigenvalue weighted by Gasteiger charge is 2.34. The third kappa shape index (κ3) is 1.69. The highest BCUT2D eigenvalue weighted by atomic mass is 16.6. The van der Waals surface area contributed by atoms with Gasteiger partial charge in [-0.1, -0.05) is 0 Å². The normalized spacial score (nSPS) is 14.1. The number of nitro groups is 1. The molecule has 1 aromatic rings. The van der Waals surface area contributed by atoms with Crippen LogP contribution < -0.4 is 0 Å². The lowest BCUT2D eigenvalue weighted by Crippen LogP contribution is -2.15. The second-order valence-electron chi connectivity index (χ2n) is 3.99. The van der Waals surface area contributed by atoms with Crippen LogP contribution in [0, 0.1) is 10.1 Å². The summed E-state index contributed by atoms with van der Waals surface area (Å²) < 4.78 is 0. The van der Waals surface area contributed by atoms with Crippen LogP contribution in [0.3, 0.4) is 0 Å². The summed E-state index contributed by atoms with van der Waals surface area (Å²) >= 11 is 0. The Balaban J connectivity index is 2.82. The first-order chi connectivity index (χ1) is 8.43. The molecule has 7 nitrogen and oxygen atoms in total. The number of fused-ring (bicyclic) bond motifs is 1. The van der Waals surface area contributed by atoms with E-state index in [1.807, 2.05) is 0 Å². The predicted octanol–water partition coefficient (Wildman–Crippen LogP) is 1.52. The summed E-state index contributed by atoms with van der Waals surface area (Å²) in [4.78, 5) is 32.6. The Labute approximate surface area is 101 Å². The van der Waals surface area contributed by atoms with Crippen molar-refractivity contribution in [1.29, 1.82) is 0 Å². The summed E-state index contributed by atoms with van der Waals surface area (Å²) in [5.74, 6) is -2.85. The maximum Gasteiger partial charge on any atom is 0.339 e. The molecule has 0 saturated heterocycles. The van der Waals surface area contributed by atoms with Crippen molar-refractivity contribution in [3.63, 3.8) is 0 Å². The highest BCUT2D eigenvalue weighted by molar-refractivity contribution is 6.05. The van der Waals surface area contributed by atoms with Crippen LogP contribution in [0.25, 0.3) is 0 Å². The van der Waals surface area contributed by atoms with E-state index in [-0.39, 0.29) is 12.0 Å². The Morgan fingerprint density at radius 1 is 1.39 bits per heavy atom. The van der Waals surface area contributed by atoms with Crippen molar-refractivity contribution in [3.05, 3.63) is 32.9 Å². The number of aryl methyl sites for hydroxylation is 1. The number of aromatic hydroxyl groups is 1. The number of carboxylic acid groups (broad SMARTS) is 1. The molecule has 1 aliphatic rings. The average Bonchev–Trinajstić information content (AvgIpc) is 2.28. The van der Waals surface area contributed by atoms with Gasteiger partial charge in [-0.3, -0.25) is 14.9 Å². The smallest absolute Gasteiger partial charge is 0.339 e. The maximum atomic E-state index is 11.7. The van der Waals surface area contributed by atoms with E-state index in [2.05, 4.69) is 0 Å². The molecule has 0 unspecified atom stereocenters. The fourth-order valence-corrected chi connectivity index (χ4v) is 2.13. The standard InChI is InChI=1S/C11H9NO6/c13-7-3-1-2-5-4-6(11(15)16)10(14)9(8(5)7)12(17)18/h4,14H,1-3H2,(H,15,16). The lowest BCUT2D eigenvalue weighted by Gasteiger charge is -2.16. The summed E-state index contributed by atoms with van der Waals surface area (Å²) in [6, 6.07) is 1.14. The second kappa shape index (κ2) is 4.10. The number of hydrogen-bond donors (Lipinski definition) is 2. The van der Waals surface area contributed by atoms with Gasteiger partial charge < -0.3 is 10.2 Å². The van der Waals surface area contributed by atoms with Gasteiger partial charge in [0.25, 0.3) is 0 Å². The Bertz CT molecular complexity index is 577. The lowest BCUT2D eigenvalue weighted by atomic mass is 9.87. The average molecular weight is 251 g/mol. The molecule has 2 rings (SSSR count). The zero-order valence-electron chi connectivity index (χ0n) is 9.17. The van der Waals surface area contributed by atoms with Gasteiger partial charge >= 0.3 is 11.7 Å². The SMILES string of the molecule is O=C(O)c1cc2c(c([N+](=O)[O-])c1O)C(=O)CCC2. The van der Waals surface area contributed by atoms with Crippen LogP contribution in [0.4, 0.5) is 5.69 Å². The number of hydrogen-bond acceptors (Lipinski definition) is 5. The van der Waals surface area contributed by atoms with Crippen molar-refractivity contribution >= 4 is 17.4 Å². The number of benzene rings is 1. The largest absolute Gasteiger partial charge is 0.501 e. The van der Waals surface area contributed by atoms with Crippen molar-refractivity contribution < 1.29 is 24.7 Å². The van der Waals surface area contributed by atoms with Crippen molar-refractivity contribution in [2.24, 2.45) is 0 Å². The second-order valence-corrected chi connectivity index (χ2v) is 3.99. The molecular weight excluding hydrogens is 242 g/mol. The highest BCUT2D eigenvalue weighted by Crippen LogP contribution is 2.39. The van der Waals surface area contributed by atoms with E-state index < -0.39 is 33.7 Å². The molecule has 2 N–H and O–H groups in total. The number of rotatable bonds is 2. The van der Waals surface area contributed by atoms with Gasteiger partial charge in [-0.2, -0.15) is 0 Å². The molecule has 0 spiro atoms. The Morgan fingerprint density at radius 3 is 2.61 bits per heavy atom. The summed E-state index contributed by atoms with van der Waals surface area (Å²) in [6.45, 7) is 0. The van der Waals surface area contributed by atoms with E-state index in [1.165, 1.54) is 0 Å². The summed E-state index contributed by atoms with van der Waals surface area (Å²) in [5, 5.41) is 29.4. The third-order valence-corrected chi connectivity index (χ3v) is 2.90. The number of Topliss-reactive ketones (excluding diaryl/α,β-unsaturated/α-hetero) is 1. The van der Waals surface area contributed by atoms with Crippen LogP contribution in [0.1, 0.15) is 39.1 Å². The van der Waals surface area contributed by atoms with Crippen molar-refractivity contribution in [3.8, 4) is 5.75 Å². The van der Waals surface area contributed by atoms with Gasteiger partial charge in [-0.25, -0.2) is 4.79 Å². The van der Waals surface area contributed by atoms with E-state index >= 15 is 0 Å². The first kappa shape index (κ1) is 12.0. The number of carbonyl (C=O) groups is 2. The van der Waals surface area contributed by atoms with E-state index in [1.54, 1.807) is 0 Å². The number of ketones is 1. The van der Waals surface area contributed by atoms with Crippen LogP contribution >= 0.6 is 0 Å².